The van der Waals surface area contributed by atoms with Crippen LogP contribution in [0.15, 0.2) is 77.8 Å². The van der Waals surface area contributed by atoms with Gasteiger partial charge in [0.25, 0.3) is 5.91 Å². The van der Waals surface area contributed by atoms with E-state index in [1.54, 1.807) is 42.6 Å². The van der Waals surface area contributed by atoms with E-state index in [2.05, 4.69) is 4.99 Å². The van der Waals surface area contributed by atoms with Crippen molar-refractivity contribution in [3.63, 3.8) is 0 Å². The van der Waals surface area contributed by atoms with E-state index in [-0.39, 0.29) is 5.91 Å². The lowest BCUT2D eigenvalue weighted by molar-refractivity contribution is -0.118. The Labute approximate surface area is 180 Å². The molecule has 1 atom stereocenters. The molecular weight excluding hydrogens is 392 g/mol. The zero-order valence-electron chi connectivity index (χ0n) is 17.3. The third-order valence-electron chi connectivity index (χ3n) is 5.21. The highest BCUT2D eigenvalue weighted by atomic mass is 16.5. The van der Waals surface area contributed by atoms with Crippen molar-refractivity contribution >= 4 is 23.7 Å². The van der Waals surface area contributed by atoms with Crippen molar-refractivity contribution in [2.45, 2.75) is 12.5 Å². The van der Waals surface area contributed by atoms with E-state index in [1.165, 1.54) is 14.2 Å². The number of anilines is 1. The van der Waals surface area contributed by atoms with Crippen LogP contribution in [0.1, 0.15) is 27.4 Å². The van der Waals surface area contributed by atoms with Crippen molar-refractivity contribution in [3.8, 4) is 11.5 Å². The number of benzene rings is 3. The molecule has 0 spiro atoms. The zero-order chi connectivity index (χ0) is 21.8. The molecule has 6 heteroatoms. The average molecular weight is 414 g/mol. The number of rotatable bonds is 6. The first-order valence-electron chi connectivity index (χ1n) is 9.87. The van der Waals surface area contributed by atoms with Crippen LogP contribution >= 0.6 is 0 Å². The number of hydrogen-bond donors (Lipinski definition) is 0. The Hall–Kier alpha value is -3.93. The standard InChI is InChI=1S/C25H22N2O4/c1-30-18-12-13-23(31-2)22(14-18)27-24(28)20-11-7-6-10-19(20)21(25(27)29)16-26-15-17-8-4-3-5-9-17/h3-14,16,21H,15H2,1-2H3/t21-/m0/s1. The maximum Gasteiger partial charge on any atom is 0.265 e. The second-order valence-electron chi connectivity index (χ2n) is 7.06. The molecule has 0 bridgehead atoms. The van der Waals surface area contributed by atoms with Gasteiger partial charge < -0.3 is 9.47 Å². The highest BCUT2D eigenvalue weighted by Gasteiger charge is 2.40. The number of carbonyl (C=O) groups excluding carboxylic acids is 2. The molecule has 0 unspecified atom stereocenters. The molecule has 6 nitrogen and oxygen atoms in total. The van der Waals surface area contributed by atoms with Crippen molar-refractivity contribution in [2.24, 2.45) is 4.99 Å². The van der Waals surface area contributed by atoms with Gasteiger partial charge in [-0.1, -0.05) is 48.5 Å². The van der Waals surface area contributed by atoms with Crippen LogP contribution in [-0.4, -0.2) is 32.2 Å². The largest absolute Gasteiger partial charge is 0.497 e. The predicted molar refractivity (Wildman–Crippen MR) is 119 cm³/mol. The molecule has 0 saturated heterocycles. The fraction of sp³-hybridized carbons (Fsp3) is 0.160. The molecule has 2 amide bonds. The molecule has 0 N–H and O–H groups in total. The molecule has 1 aliphatic rings. The number of nitrogens with zero attached hydrogens (tertiary/aromatic N) is 2. The van der Waals surface area contributed by atoms with Crippen LogP contribution in [0, 0.1) is 0 Å². The molecule has 0 aromatic heterocycles. The van der Waals surface area contributed by atoms with Crippen LogP contribution in [0.3, 0.4) is 0 Å². The number of methoxy groups -OCH3 is 2. The van der Waals surface area contributed by atoms with E-state index < -0.39 is 11.8 Å². The molecule has 156 valence electrons. The normalized spacial score (nSPS) is 15.8. The maximum atomic E-state index is 13.5. The zero-order valence-corrected chi connectivity index (χ0v) is 17.3. The van der Waals surface area contributed by atoms with Crippen LogP contribution < -0.4 is 14.4 Å². The van der Waals surface area contributed by atoms with E-state index in [0.717, 1.165) is 10.5 Å². The van der Waals surface area contributed by atoms with Crippen LogP contribution in [0.25, 0.3) is 0 Å². The first-order valence-corrected chi connectivity index (χ1v) is 9.87. The molecule has 3 aromatic carbocycles. The summed E-state index contributed by atoms with van der Waals surface area (Å²) in [6.07, 6.45) is 1.63. The molecule has 3 aromatic rings. The van der Waals surface area contributed by atoms with Gasteiger partial charge in [0, 0.05) is 17.8 Å². The number of fused-ring (bicyclic) bond motifs is 1. The summed E-state index contributed by atoms with van der Waals surface area (Å²) in [5.41, 5.74) is 2.49. The minimum atomic E-state index is -0.687. The van der Waals surface area contributed by atoms with Crippen molar-refractivity contribution in [1.29, 1.82) is 0 Å². The number of hydrogen-bond acceptors (Lipinski definition) is 5. The lowest BCUT2D eigenvalue weighted by Crippen LogP contribution is -2.45. The lowest BCUT2D eigenvalue weighted by Gasteiger charge is -2.31. The average Bonchev–Trinajstić information content (AvgIpc) is 2.82. The molecular formula is C25H22N2O4. The summed E-state index contributed by atoms with van der Waals surface area (Å²) in [4.78, 5) is 32.5. The number of carbonyl (C=O) groups is 2. The Kier molecular flexibility index (Phi) is 5.80. The van der Waals surface area contributed by atoms with Gasteiger partial charge in [-0.3, -0.25) is 14.6 Å². The van der Waals surface area contributed by atoms with Crippen LogP contribution in [-0.2, 0) is 11.3 Å². The molecule has 31 heavy (non-hydrogen) atoms. The topological polar surface area (TPSA) is 68.2 Å². The Morgan fingerprint density at radius 2 is 1.68 bits per heavy atom. The van der Waals surface area contributed by atoms with Gasteiger partial charge >= 0.3 is 0 Å². The smallest absolute Gasteiger partial charge is 0.265 e. The number of imide groups is 1. The highest BCUT2D eigenvalue weighted by Crippen LogP contribution is 2.38. The molecule has 0 radical (unpaired) electrons. The van der Waals surface area contributed by atoms with Gasteiger partial charge in [-0.05, 0) is 29.3 Å². The summed E-state index contributed by atoms with van der Waals surface area (Å²) in [6, 6.07) is 21.9. The SMILES string of the molecule is COc1ccc(OC)c(N2C(=O)c3ccccc3[C@H](C=NCc3ccccc3)C2=O)c1. The number of ether oxygens (including phenoxy) is 2. The van der Waals surface area contributed by atoms with Gasteiger partial charge in [-0.25, -0.2) is 4.90 Å². The Morgan fingerprint density at radius 3 is 2.42 bits per heavy atom. The predicted octanol–water partition coefficient (Wildman–Crippen LogP) is 4.25. The molecule has 1 heterocycles. The third kappa shape index (κ3) is 3.92. The monoisotopic (exact) mass is 414 g/mol. The summed E-state index contributed by atoms with van der Waals surface area (Å²) < 4.78 is 10.7. The van der Waals surface area contributed by atoms with Crippen molar-refractivity contribution in [2.75, 3.05) is 19.1 Å². The lowest BCUT2D eigenvalue weighted by atomic mass is 9.88. The summed E-state index contributed by atoms with van der Waals surface area (Å²) in [6.45, 7) is 0.448. The molecule has 0 fully saturated rings. The van der Waals surface area contributed by atoms with E-state index in [9.17, 15) is 9.59 Å². The van der Waals surface area contributed by atoms with Crippen molar-refractivity contribution in [3.05, 3.63) is 89.5 Å². The van der Waals surface area contributed by atoms with E-state index in [0.29, 0.717) is 34.9 Å². The quantitative estimate of drug-likeness (QED) is 0.447. The summed E-state index contributed by atoms with van der Waals surface area (Å²) in [5.74, 6) is -0.549. The Balaban J connectivity index is 1.76. The molecule has 1 aliphatic heterocycles. The Bertz CT molecular complexity index is 1140. The number of amides is 2. The van der Waals surface area contributed by atoms with Crippen LogP contribution in [0.2, 0.25) is 0 Å². The van der Waals surface area contributed by atoms with Crippen molar-refractivity contribution in [1.82, 2.24) is 0 Å². The third-order valence-corrected chi connectivity index (χ3v) is 5.21. The summed E-state index contributed by atoms with van der Waals surface area (Å²) in [5, 5.41) is 0. The van der Waals surface area contributed by atoms with E-state index >= 15 is 0 Å². The Morgan fingerprint density at radius 1 is 0.935 bits per heavy atom. The summed E-state index contributed by atoms with van der Waals surface area (Å²) in [7, 11) is 3.02. The van der Waals surface area contributed by atoms with Crippen LogP contribution in [0.4, 0.5) is 5.69 Å². The molecule has 0 saturated carbocycles. The van der Waals surface area contributed by atoms with Gasteiger partial charge in [-0.2, -0.15) is 0 Å². The molecule has 4 rings (SSSR count). The van der Waals surface area contributed by atoms with Crippen LogP contribution in [0.5, 0.6) is 11.5 Å². The van der Waals surface area contributed by atoms with E-state index in [4.69, 9.17) is 9.47 Å². The second-order valence-corrected chi connectivity index (χ2v) is 7.06. The fourth-order valence-electron chi connectivity index (χ4n) is 3.65. The fourth-order valence-corrected chi connectivity index (χ4v) is 3.65. The van der Waals surface area contributed by atoms with Gasteiger partial charge in [0.05, 0.1) is 32.4 Å². The maximum absolute atomic E-state index is 13.5. The second kappa shape index (κ2) is 8.83. The van der Waals surface area contributed by atoms with Gasteiger partial charge in [0.15, 0.2) is 0 Å². The van der Waals surface area contributed by atoms with Gasteiger partial charge in [0.1, 0.15) is 11.5 Å². The minimum Gasteiger partial charge on any atom is -0.497 e. The minimum absolute atomic E-state index is 0.341. The van der Waals surface area contributed by atoms with E-state index in [1.807, 2.05) is 36.4 Å². The van der Waals surface area contributed by atoms with Gasteiger partial charge in [-0.15, -0.1) is 0 Å². The first-order chi connectivity index (χ1) is 15.1. The van der Waals surface area contributed by atoms with Crippen molar-refractivity contribution < 1.29 is 19.1 Å². The summed E-state index contributed by atoms with van der Waals surface area (Å²) >= 11 is 0. The first kappa shape index (κ1) is 20.3. The molecule has 0 aliphatic carbocycles. The number of aliphatic imine (C=N–C) groups is 1. The highest BCUT2D eigenvalue weighted by molar-refractivity contribution is 6.29. The van der Waals surface area contributed by atoms with Gasteiger partial charge in [0.2, 0.25) is 5.91 Å².